The lowest BCUT2D eigenvalue weighted by Gasteiger charge is -2.16. The predicted octanol–water partition coefficient (Wildman–Crippen LogP) is 1.50. The van der Waals surface area contributed by atoms with E-state index in [1.807, 2.05) is 31.1 Å². The van der Waals surface area contributed by atoms with Gasteiger partial charge >= 0.3 is 5.97 Å². The summed E-state index contributed by atoms with van der Waals surface area (Å²) in [6, 6.07) is 7.22. The number of esters is 1. The summed E-state index contributed by atoms with van der Waals surface area (Å²) >= 11 is 0. The molecule has 0 saturated carbocycles. The molecule has 1 rings (SSSR count). The second-order valence-corrected chi connectivity index (χ2v) is 3.62. The highest BCUT2D eigenvalue weighted by Gasteiger charge is 2.13. The van der Waals surface area contributed by atoms with Gasteiger partial charge in [-0.1, -0.05) is 12.1 Å². The molecule has 0 amide bonds. The molecule has 4 nitrogen and oxygen atoms in total. The van der Waals surface area contributed by atoms with Gasteiger partial charge in [0.05, 0.1) is 0 Å². The van der Waals surface area contributed by atoms with Crippen LogP contribution >= 0.6 is 0 Å². The first kappa shape index (κ1) is 12.2. The van der Waals surface area contributed by atoms with Crippen molar-refractivity contribution in [3.05, 3.63) is 29.8 Å². The Kier molecular flexibility index (Phi) is 4.05. The third kappa shape index (κ3) is 3.08. The molecule has 0 unspecified atom stereocenters. The second-order valence-electron chi connectivity index (χ2n) is 3.62. The van der Waals surface area contributed by atoms with Crippen LogP contribution in [0.2, 0.25) is 0 Å². The van der Waals surface area contributed by atoms with Crippen molar-refractivity contribution in [1.82, 2.24) is 0 Å². The van der Waals surface area contributed by atoms with E-state index in [1.54, 1.807) is 12.1 Å². The molecule has 0 aliphatic rings. The van der Waals surface area contributed by atoms with E-state index in [4.69, 9.17) is 0 Å². The summed E-state index contributed by atoms with van der Waals surface area (Å²) in [5, 5.41) is 0. The number of anilines is 1. The Morgan fingerprint density at radius 1 is 1.25 bits per heavy atom. The summed E-state index contributed by atoms with van der Waals surface area (Å²) < 4.78 is 4.69. The molecule has 0 aliphatic heterocycles. The number of ketones is 1. The molecular weight excluding hydrogens is 206 g/mol. The summed E-state index contributed by atoms with van der Waals surface area (Å²) in [5.74, 6) is -0.643. The Hall–Kier alpha value is -1.84. The molecule has 0 aromatic heterocycles. The SMILES string of the molecule is CC(=O)OCC(=O)c1ccccc1N(C)C. The number of ether oxygens (including phenoxy) is 1. The van der Waals surface area contributed by atoms with E-state index in [0.29, 0.717) is 5.56 Å². The average molecular weight is 221 g/mol. The largest absolute Gasteiger partial charge is 0.457 e. The number of carbonyl (C=O) groups excluding carboxylic acids is 2. The van der Waals surface area contributed by atoms with Crippen LogP contribution in [0.5, 0.6) is 0 Å². The summed E-state index contributed by atoms with van der Waals surface area (Å²) in [6.45, 7) is 1.07. The van der Waals surface area contributed by atoms with Gasteiger partial charge in [-0.05, 0) is 12.1 Å². The molecule has 0 atom stereocenters. The van der Waals surface area contributed by atoms with Gasteiger partial charge in [-0.2, -0.15) is 0 Å². The molecule has 0 N–H and O–H groups in total. The first-order chi connectivity index (χ1) is 7.52. The number of carbonyl (C=O) groups is 2. The third-order valence-corrected chi connectivity index (χ3v) is 2.09. The molecule has 86 valence electrons. The van der Waals surface area contributed by atoms with E-state index in [1.165, 1.54) is 6.92 Å². The molecule has 0 bridgehead atoms. The first-order valence-electron chi connectivity index (χ1n) is 4.95. The highest BCUT2D eigenvalue weighted by molar-refractivity contribution is 6.02. The van der Waals surface area contributed by atoms with Gasteiger partial charge in [0.25, 0.3) is 0 Å². The number of hydrogen-bond donors (Lipinski definition) is 0. The van der Waals surface area contributed by atoms with Gasteiger partial charge in [-0.3, -0.25) is 9.59 Å². The first-order valence-corrected chi connectivity index (χ1v) is 4.95. The molecule has 0 spiro atoms. The predicted molar refractivity (Wildman–Crippen MR) is 61.7 cm³/mol. The van der Waals surface area contributed by atoms with Crippen molar-refractivity contribution < 1.29 is 14.3 Å². The lowest BCUT2D eigenvalue weighted by atomic mass is 10.1. The standard InChI is InChI=1S/C12H15NO3/c1-9(14)16-8-12(15)10-6-4-5-7-11(10)13(2)3/h4-7H,8H2,1-3H3. The quantitative estimate of drug-likeness (QED) is 0.571. The van der Waals surface area contributed by atoms with Crippen molar-refractivity contribution in [3.8, 4) is 0 Å². The van der Waals surface area contributed by atoms with E-state index in [-0.39, 0.29) is 12.4 Å². The van der Waals surface area contributed by atoms with Crippen molar-refractivity contribution in [2.75, 3.05) is 25.6 Å². The van der Waals surface area contributed by atoms with Gasteiger partial charge in [-0.25, -0.2) is 0 Å². The Morgan fingerprint density at radius 2 is 1.88 bits per heavy atom. The Labute approximate surface area is 94.8 Å². The molecule has 0 aliphatic carbocycles. The maximum absolute atomic E-state index is 11.8. The van der Waals surface area contributed by atoms with Crippen LogP contribution in [0.15, 0.2) is 24.3 Å². The lowest BCUT2D eigenvalue weighted by Crippen LogP contribution is -2.17. The average Bonchev–Trinajstić information content (AvgIpc) is 2.25. The van der Waals surface area contributed by atoms with Gasteiger partial charge in [0.1, 0.15) is 0 Å². The maximum Gasteiger partial charge on any atom is 0.303 e. The van der Waals surface area contributed by atoms with Crippen molar-refractivity contribution in [3.63, 3.8) is 0 Å². The fourth-order valence-electron chi connectivity index (χ4n) is 1.34. The smallest absolute Gasteiger partial charge is 0.303 e. The van der Waals surface area contributed by atoms with Gasteiger partial charge < -0.3 is 9.64 Å². The molecule has 16 heavy (non-hydrogen) atoms. The summed E-state index contributed by atoms with van der Waals surface area (Å²) in [6.07, 6.45) is 0. The lowest BCUT2D eigenvalue weighted by molar-refractivity contribution is -0.139. The van der Waals surface area contributed by atoms with Crippen molar-refractivity contribution >= 4 is 17.4 Å². The number of para-hydroxylation sites is 1. The molecule has 0 fully saturated rings. The van der Waals surface area contributed by atoms with Crippen LogP contribution in [0.25, 0.3) is 0 Å². The highest BCUT2D eigenvalue weighted by atomic mass is 16.5. The van der Waals surface area contributed by atoms with Crippen LogP contribution in [0.1, 0.15) is 17.3 Å². The summed E-state index contributed by atoms with van der Waals surface area (Å²) in [5.41, 5.74) is 1.38. The normalized spacial score (nSPS) is 9.69. The number of nitrogens with zero attached hydrogens (tertiary/aromatic N) is 1. The fourth-order valence-corrected chi connectivity index (χ4v) is 1.34. The Bertz CT molecular complexity index is 399. The van der Waals surface area contributed by atoms with E-state index in [9.17, 15) is 9.59 Å². The fraction of sp³-hybridized carbons (Fsp3) is 0.333. The van der Waals surface area contributed by atoms with Crippen LogP contribution in [0.3, 0.4) is 0 Å². The van der Waals surface area contributed by atoms with Gasteiger partial charge in [-0.15, -0.1) is 0 Å². The Balaban J connectivity index is 2.86. The number of Topliss-reactive ketones (excluding diaryl/α,β-unsaturated/α-hetero) is 1. The molecule has 4 heteroatoms. The van der Waals surface area contributed by atoms with Crippen LogP contribution < -0.4 is 4.90 Å². The minimum Gasteiger partial charge on any atom is -0.457 e. The minimum absolute atomic E-state index is 0.195. The Morgan fingerprint density at radius 3 is 2.44 bits per heavy atom. The van der Waals surface area contributed by atoms with Crippen LogP contribution in [-0.4, -0.2) is 32.5 Å². The summed E-state index contributed by atoms with van der Waals surface area (Å²) in [7, 11) is 3.72. The second kappa shape index (κ2) is 5.30. The van der Waals surface area contributed by atoms with Gasteiger partial charge in [0.2, 0.25) is 5.78 Å². The van der Waals surface area contributed by atoms with Crippen LogP contribution in [0.4, 0.5) is 5.69 Å². The van der Waals surface area contributed by atoms with Crippen LogP contribution in [0, 0.1) is 0 Å². The van der Waals surface area contributed by atoms with Crippen molar-refractivity contribution in [2.45, 2.75) is 6.92 Å². The maximum atomic E-state index is 11.8. The number of benzene rings is 1. The number of hydrogen-bond acceptors (Lipinski definition) is 4. The highest BCUT2D eigenvalue weighted by Crippen LogP contribution is 2.18. The van der Waals surface area contributed by atoms with Gasteiger partial charge in [0, 0.05) is 32.3 Å². The molecule has 0 saturated heterocycles. The molecular formula is C12H15NO3. The molecule has 0 heterocycles. The molecule has 0 radical (unpaired) electrons. The zero-order valence-electron chi connectivity index (χ0n) is 9.69. The van der Waals surface area contributed by atoms with Crippen molar-refractivity contribution in [1.29, 1.82) is 0 Å². The number of rotatable bonds is 4. The van der Waals surface area contributed by atoms with Gasteiger partial charge in [0.15, 0.2) is 6.61 Å². The van der Waals surface area contributed by atoms with E-state index in [0.717, 1.165) is 5.69 Å². The van der Waals surface area contributed by atoms with E-state index < -0.39 is 5.97 Å². The molecule has 1 aromatic rings. The minimum atomic E-state index is -0.448. The van der Waals surface area contributed by atoms with E-state index >= 15 is 0 Å². The zero-order valence-corrected chi connectivity index (χ0v) is 9.69. The monoisotopic (exact) mass is 221 g/mol. The summed E-state index contributed by atoms with van der Waals surface area (Å²) in [4.78, 5) is 24.2. The van der Waals surface area contributed by atoms with Crippen LogP contribution in [-0.2, 0) is 9.53 Å². The van der Waals surface area contributed by atoms with Crippen molar-refractivity contribution in [2.24, 2.45) is 0 Å². The van der Waals surface area contributed by atoms with E-state index in [2.05, 4.69) is 4.74 Å². The molecule has 1 aromatic carbocycles. The third-order valence-electron chi connectivity index (χ3n) is 2.09. The zero-order chi connectivity index (χ0) is 12.1. The topological polar surface area (TPSA) is 46.6 Å².